The molecule has 0 saturated carbocycles. The highest BCUT2D eigenvalue weighted by molar-refractivity contribution is 9.09. The van der Waals surface area contributed by atoms with Gasteiger partial charge in [0.2, 0.25) is 0 Å². The van der Waals surface area contributed by atoms with Crippen molar-refractivity contribution in [3.8, 4) is 0 Å². The molecule has 0 unspecified atom stereocenters. The van der Waals surface area contributed by atoms with Crippen LogP contribution >= 0.6 is 15.9 Å². The molecule has 1 aromatic carbocycles. The van der Waals surface area contributed by atoms with Gasteiger partial charge in [0.25, 0.3) is 0 Å². The highest BCUT2D eigenvalue weighted by Crippen LogP contribution is 2.36. The SMILES string of the molecule is CC(=O)OC[C@H]1O[C@H](O[C@@H]2[C@H](OC(=O)c3ccccc3)[C@H](Br)O[C@H](COC(C)=O)[C@H]2OC(C)=O)[C@@H](OC(C)=O)[C@@H](OC(C)=O)[C@@H]1OC(C)=O. The Morgan fingerprint density at radius 2 is 1.00 bits per heavy atom. The molecule has 0 aliphatic carbocycles. The average molecular weight is 762 g/mol. The fourth-order valence-corrected chi connectivity index (χ4v) is 5.72. The number of benzene rings is 1. The summed E-state index contributed by atoms with van der Waals surface area (Å²) in [6, 6.07) is 7.85. The summed E-state index contributed by atoms with van der Waals surface area (Å²) >= 11 is 3.32. The number of carbonyl (C=O) groups is 7. The van der Waals surface area contributed by atoms with Gasteiger partial charge in [0.15, 0.2) is 41.8 Å². The van der Waals surface area contributed by atoms with Crippen molar-refractivity contribution in [1.29, 1.82) is 0 Å². The minimum atomic E-state index is -1.77. The first-order valence-electron chi connectivity index (χ1n) is 14.9. The fraction of sp³-hybridized carbons (Fsp3) is 0.581. The van der Waals surface area contributed by atoms with Gasteiger partial charge in [0, 0.05) is 41.5 Å². The van der Waals surface area contributed by atoms with E-state index in [1.54, 1.807) is 18.2 Å². The van der Waals surface area contributed by atoms with Crippen molar-refractivity contribution >= 4 is 57.7 Å². The van der Waals surface area contributed by atoms with Gasteiger partial charge in [-0.15, -0.1) is 0 Å². The van der Waals surface area contributed by atoms with Crippen LogP contribution in [0.4, 0.5) is 0 Å². The van der Waals surface area contributed by atoms with E-state index >= 15 is 0 Å². The summed E-state index contributed by atoms with van der Waals surface area (Å²) < 4.78 is 56.3. The summed E-state index contributed by atoms with van der Waals surface area (Å²) in [4.78, 5) is 85.9. The second kappa shape index (κ2) is 18.0. The molecule has 49 heavy (non-hydrogen) atoms. The lowest BCUT2D eigenvalue weighted by atomic mass is 9.96. The van der Waals surface area contributed by atoms with Gasteiger partial charge >= 0.3 is 41.8 Å². The van der Waals surface area contributed by atoms with E-state index in [1.165, 1.54) is 12.1 Å². The second-order valence-corrected chi connectivity index (χ2v) is 11.7. The Hall–Kier alpha value is -4.13. The molecule has 18 heteroatoms. The molecule has 0 radical (unpaired) electrons. The van der Waals surface area contributed by atoms with Crippen molar-refractivity contribution in [2.75, 3.05) is 13.2 Å². The number of carbonyl (C=O) groups excluding carboxylic acids is 7. The molecule has 10 atom stereocenters. The molecule has 270 valence electrons. The third kappa shape index (κ3) is 11.5. The molecule has 2 saturated heterocycles. The topological polar surface area (TPSA) is 212 Å². The number of hydrogen-bond acceptors (Lipinski definition) is 17. The van der Waals surface area contributed by atoms with E-state index in [2.05, 4.69) is 15.9 Å². The van der Waals surface area contributed by atoms with Gasteiger partial charge in [-0.3, -0.25) is 28.8 Å². The number of halogens is 1. The lowest BCUT2D eigenvalue weighted by Gasteiger charge is -2.48. The Kier molecular flexibility index (Phi) is 14.5. The van der Waals surface area contributed by atoms with Crippen LogP contribution in [0, 0.1) is 0 Å². The number of alkyl halides is 1. The highest BCUT2D eigenvalue weighted by atomic mass is 79.9. The van der Waals surface area contributed by atoms with Crippen molar-refractivity contribution in [3.05, 3.63) is 35.9 Å². The number of hydrogen-bond donors (Lipinski definition) is 0. The Morgan fingerprint density at radius 1 is 0.551 bits per heavy atom. The summed E-state index contributed by atoms with van der Waals surface area (Å²) in [6.45, 7) is 5.48. The molecular weight excluding hydrogens is 724 g/mol. The van der Waals surface area contributed by atoms with Crippen LogP contribution in [0.15, 0.2) is 30.3 Å². The molecule has 3 rings (SSSR count). The van der Waals surface area contributed by atoms with Crippen LogP contribution < -0.4 is 0 Å². The normalized spacial score (nSPS) is 29.4. The largest absolute Gasteiger partial charge is 0.463 e. The standard InChI is InChI=1S/C31H37BrO17/c1-14(33)40-12-21-23(42-16(3)35)25(27(29(32)46-21)48-30(39)20-10-8-7-9-11-20)49-31-28(45-19(6)38)26(44-18(5)37)24(43-17(4)36)22(47-31)13-41-15(2)34/h7-11,21-29,31H,12-13H2,1-6H3/t21-,22-,23-,24-,25+,26+,27+,28+,29-,31-/m1/s1. The molecular formula is C31H37BrO17. The Morgan fingerprint density at radius 3 is 1.49 bits per heavy atom. The summed E-state index contributed by atoms with van der Waals surface area (Å²) in [6.07, 6.45) is -13.6. The maximum atomic E-state index is 13.3. The fourth-order valence-electron chi connectivity index (χ4n) is 5.03. The van der Waals surface area contributed by atoms with E-state index < -0.39 is 115 Å². The van der Waals surface area contributed by atoms with Crippen molar-refractivity contribution in [2.24, 2.45) is 0 Å². The van der Waals surface area contributed by atoms with E-state index in [1.807, 2.05) is 0 Å². The predicted molar refractivity (Wildman–Crippen MR) is 162 cm³/mol. The van der Waals surface area contributed by atoms with Gasteiger partial charge in [0.05, 0.1) is 5.56 Å². The van der Waals surface area contributed by atoms with Gasteiger partial charge in [-0.2, -0.15) is 0 Å². The summed E-state index contributed by atoms with van der Waals surface area (Å²) in [5.74, 6) is -5.73. The molecule has 0 amide bonds. The highest BCUT2D eigenvalue weighted by Gasteiger charge is 2.57. The first-order chi connectivity index (χ1) is 23.1. The lowest BCUT2D eigenvalue weighted by molar-refractivity contribution is -0.339. The van der Waals surface area contributed by atoms with Crippen LogP contribution in [0.3, 0.4) is 0 Å². The van der Waals surface area contributed by atoms with Crippen molar-refractivity contribution in [1.82, 2.24) is 0 Å². The predicted octanol–water partition coefficient (Wildman–Crippen LogP) is 1.29. The quantitative estimate of drug-likeness (QED) is 0.167. The molecule has 0 aromatic heterocycles. The number of esters is 7. The van der Waals surface area contributed by atoms with E-state index in [0.29, 0.717) is 0 Å². The molecule has 0 spiro atoms. The second-order valence-electron chi connectivity index (χ2n) is 10.8. The van der Waals surface area contributed by atoms with Gasteiger partial charge in [-0.05, 0) is 12.1 Å². The number of ether oxygens (including phenoxy) is 10. The van der Waals surface area contributed by atoms with E-state index in [9.17, 15) is 33.6 Å². The van der Waals surface area contributed by atoms with Gasteiger partial charge < -0.3 is 47.4 Å². The molecule has 2 fully saturated rings. The van der Waals surface area contributed by atoms with Crippen LogP contribution in [0.25, 0.3) is 0 Å². The molecule has 0 N–H and O–H groups in total. The third-order valence-corrected chi connectivity index (χ3v) is 7.56. The molecule has 2 heterocycles. The molecule has 17 nitrogen and oxygen atoms in total. The smallest absolute Gasteiger partial charge is 0.338 e. The van der Waals surface area contributed by atoms with Crippen molar-refractivity contribution < 1.29 is 80.9 Å². The van der Waals surface area contributed by atoms with E-state index in [0.717, 1.165) is 41.5 Å². The van der Waals surface area contributed by atoms with Crippen LogP contribution in [0.2, 0.25) is 0 Å². The van der Waals surface area contributed by atoms with Gasteiger partial charge in [-0.25, -0.2) is 4.79 Å². The van der Waals surface area contributed by atoms with Crippen LogP contribution in [0.1, 0.15) is 51.9 Å². The molecule has 2 aliphatic heterocycles. The first kappa shape index (κ1) is 39.3. The maximum absolute atomic E-state index is 13.3. The van der Waals surface area contributed by atoms with Crippen molar-refractivity contribution in [2.45, 2.75) is 102 Å². The molecule has 2 aliphatic rings. The van der Waals surface area contributed by atoms with Gasteiger partial charge in [-0.1, -0.05) is 34.1 Å². The lowest BCUT2D eigenvalue weighted by Crippen LogP contribution is -2.66. The van der Waals surface area contributed by atoms with Crippen molar-refractivity contribution in [3.63, 3.8) is 0 Å². The average Bonchev–Trinajstić information content (AvgIpc) is 3.00. The number of rotatable bonds is 12. The molecule has 1 aromatic rings. The maximum Gasteiger partial charge on any atom is 0.338 e. The summed E-state index contributed by atoms with van der Waals surface area (Å²) in [7, 11) is 0. The van der Waals surface area contributed by atoms with Gasteiger partial charge in [0.1, 0.15) is 31.5 Å². The first-order valence-corrected chi connectivity index (χ1v) is 15.8. The Balaban J connectivity index is 2.15. The van der Waals surface area contributed by atoms with E-state index in [-0.39, 0.29) is 5.56 Å². The van der Waals surface area contributed by atoms with Crippen LogP contribution in [-0.4, -0.2) is 115 Å². The summed E-state index contributed by atoms with van der Waals surface area (Å²) in [5, 5.41) is -1.19. The zero-order valence-electron chi connectivity index (χ0n) is 27.4. The minimum Gasteiger partial charge on any atom is -0.463 e. The molecule has 0 bridgehead atoms. The van der Waals surface area contributed by atoms with Crippen LogP contribution in [-0.2, 0) is 76.1 Å². The monoisotopic (exact) mass is 760 g/mol. The Labute approximate surface area is 289 Å². The zero-order valence-corrected chi connectivity index (χ0v) is 29.0. The van der Waals surface area contributed by atoms with E-state index in [4.69, 9.17) is 47.4 Å². The minimum absolute atomic E-state index is 0.138. The third-order valence-electron chi connectivity index (χ3n) is 6.82. The zero-order chi connectivity index (χ0) is 36.4. The van der Waals surface area contributed by atoms with Crippen LogP contribution in [0.5, 0.6) is 0 Å². The summed E-state index contributed by atoms with van der Waals surface area (Å²) in [5.41, 5.74) is 0.138. The Bertz CT molecular complexity index is 1370.